The maximum absolute atomic E-state index is 5.73. The van der Waals surface area contributed by atoms with Crippen LogP contribution in [0.1, 0.15) is 5.56 Å². The zero-order valence-electron chi connectivity index (χ0n) is 9.97. The third-order valence-electron chi connectivity index (χ3n) is 2.85. The second-order valence-corrected chi connectivity index (χ2v) is 3.99. The van der Waals surface area contributed by atoms with Gasteiger partial charge in [-0.2, -0.15) is 0 Å². The number of hydrogen-bond donors (Lipinski definition) is 1. The van der Waals surface area contributed by atoms with Gasteiger partial charge in [-0.05, 0) is 6.07 Å². The van der Waals surface area contributed by atoms with Crippen LogP contribution in [0.15, 0.2) is 18.5 Å². The Balaban J connectivity index is 1.77. The highest BCUT2D eigenvalue weighted by Gasteiger charge is 2.10. The van der Waals surface area contributed by atoms with Gasteiger partial charge in [0.05, 0.1) is 13.2 Å². The zero-order valence-corrected chi connectivity index (χ0v) is 9.97. The number of hydrogen-bond acceptors (Lipinski definition) is 5. The first kappa shape index (κ1) is 12.3. The SMILES string of the molecule is NCc1cnccc1OCCN1CCOCC1. The summed E-state index contributed by atoms with van der Waals surface area (Å²) in [6, 6.07) is 1.86. The van der Waals surface area contributed by atoms with E-state index in [0.29, 0.717) is 13.2 Å². The highest BCUT2D eigenvalue weighted by molar-refractivity contribution is 5.29. The Morgan fingerprint density at radius 3 is 3.00 bits per heavy atom. The topological polar surface area (TPSA) is 60.6 Å². The Morgan fingerprint density at radius 2 is 2.24 bits per heavy atom. The minimum Gasteiger partial charge on any atom is -0.492 e. The third-order valence-corrected chi connectivity index (χ3v) is 2.85. The summed E-state index contributed by atoms with van der Waals surface area (Å²) < 4.78 is 11.0. The summed E-state index contributed by atoms with van der Waals surface area (Å²) in [6.07, 6.45) is 3.48. The summed E-state index contributed by atoms with van der Waals surface area (Å²) in [6.45, 7) is 5.69. The predicted octanol–water partition coefficient (Wildman–Crippen LogP) is 0.251. The van der Waals surface area contributed by atoms with E-state index in [0.717, 1.165) is 44.2 Å². The summed E-state index contributed by atoms with van der Waals surface area (Å²) in [4.78, 5) is 6.37. The monoisotopic (exact) mass is 237 g/mol. The molecule has 1 aromatic heterocycles. The van der Waals surface area contributed by atoms with Crippen molar-refractivity contribution in [2.24, 2.45) is 5.73 Å². The minimum absolute atomic E-state index is 0.459. The molecule has 17 heavy (non-hydrogen) atoms. The van der Waals surface area contributed by atoms with Gasteiger partial charge in [-0.15, -0.1) is 0 Å². The summed E-state index contributed by atoms with van der Waals surface area (Å²) in [5.74, 6) is 0.843. The fourth-order valence-electron chi connectivity index (χ4n) is 1.82. The van der Waals surface area contributed by atoms with Crippen LogP contribution in [0.2, 0.25) is 0 Å². The molecule has 1 aliphatic heterocycles. The van der Waals surface area contributed by atoms with Gasteiger partial charge in [0.1, 0.15) is 12.4 Å². The number of pyridine rings is 1. The van der Waals surface area contributed by atoms with Crippen LogP contribution >= 0.6 is 0 Å². The summed E-state index contributed by atoms with van der Waals surface area (Å²) in [5, 5.41) is 0. The molecule has 1 aliphatic rings. The van der Waals surface area contributed by atoms with Crippen molar-refractivity contribution in [2.75, 3.05) is 39.5 Å². The molecule has 2 heterocycles. The molecule has 0 aromatic carbocycles. The second-order valence-electron chi connectivity index (χ2n) is 3.99. The van der Waals surface area contributed by atoms with Crippen LogP contribution in [0, 0.1) is 0 Å². The van der Waals surface area contributed by atoms with Crippen LogP contribution in [0.4, 0.5) is 0 Å². The van der Waals surface area contributed by atoms with E-state index in [1.54, 1.807) is 12.4 Å². The number of nitrogens with zero attached hydrogens (tertiary/aromatic N) is 2. The Bertz CT molecular complexity index is 340. The van der Waals surface area contributed by atoms with Gasteiger partial charge in [0.2, 0.25) is 0 Å². The van der Waals surface area contributed by atoms with E-state index < -0.39 is 0 Å². The molecule has 0 atom stereocenters. The smallest absolute Gasteiger partial charge is 0.126 e. The highest BCUT2D eigenvalue weighted by atomic mass is 16.5. The molecule has 0 saturated carbocycles. The number of nitrogens with two attached hydrogens (primary N) is 1. The summed E-state index contributed by atoms with van der Waals surface area (Å²) in [5.41, 5.74) is 6.57. The first-order valence-corrected chi connectivity index (χ1v) is 5.96. The van der Waals surface area contributed by atoms with Crippen molar-refractivity contribution in [1.29, 1.82) is 0 Å². The molecule has 0 radical (unpaired) electrons. The molecule has 1 aromatic rings. The molecule has 0 spiro atoms. The largest absolute Gasteiger partial charge is 0.492 e. The third kappa shape index (κ3) is 3.66. The molecule has 0 unspecified atom stereocenters. The number of rotatable bonds is 5. The van der Waals surface area contributed by atoms with Crippen LogP contribution in [-0.4, -0.2) is 49.3 Å². The van der Waals surface area contributed by atoms with Crippen molar-refractivity contribution in [3.63, 3.8) is 0 Å². The summed E-state index contributed by atoms with van der Waals surface area (Å²) >= 11 is 0. The Kier molecular flexibility index (Phi) is 4.73. The van der Waals surface area contributed by atoms with Crippen LogP contribution in [0.3, 0.4) is 0 Å². The van der Waals surface area contributed by atoms with E-state index in [1.165, 1.54) is 0 Å². The standard InChI is InChI=1S/C12H19N3O2/c13-9-11-10-14-2-1-12(11)17-8-5-15-3-6-16-7-4-15/h1-2,10H,3-9,13H2. The Morgan fingerprint density at radius 1 is 1.41 bits per heavy atom. The van der Waals surface area contributed by atoms with Crippen LogP contribution in [-0.2, 0) is 11.3 Å². The molecule has 0 bridgehead atoms. The lowest BCUT2D eigenvalue weighted by molar-refractivity contribution is 0.0322. The van der Waals surface area contributed by atoms with Gasteiger partial charge in [0.15, 0.2) is 0 Å². The van der Waals surface area contributed by atoms with E-state index in [9.17, 15) is 0 Å². The first-order valence-electron chi connectivity index (χ1n) is 5.96. The average Bonchev–Trinajstić information content (AvgIpc) is 2.40. The van der Waals surface area contributed by atoms with Crippen LogP contribution in [0.5, 0.6) is 5.75 Å². The lowest BCUT2D eigenvalue weighted by atomic mass is 10.2. The molecule has 5 heteroatoms. The number of ether oxygens (including phenoxy) is 2. The van der Waals surface area contributed by atoms with Gasteiger partial charge in [-0.1, -0.05) is 0 Å². The molecule has 0 amide bonds. The molecule has 2 rings (SSSR count). The maximum Gasteiger partial charge on any atom is 0.126 e. The molecule has 94 valence electrons. The van der Waals surface area contributed by atoms with Gasteiger partial charge in [0.25, 0.3) is 0 Å². The van der Waals surface area contributed by atoms with E-state index in [1.807, 2.05) is 6.07 Å². The lowest BCUT2D eigenvalue weighted by Crippen LogP contribution is -2.38. The van der Waals surface area contributed by atoms with Crippen molar-refractivity contribution in [1.82, 2.24) is 9.88 Å². The van der Waals surface area contributed by atoms with E-state index in [2.05, 4.69) is 9.88 Å². The zero-order chi connectivity index (χ0) is 11.9. The maximum atomic E-state index is 5.73. The number of morpholine rings is 1. The van der Waals surface area contributed by atoms with Gasteiger partial charge in [-0.25, -0.2) is 0 Å². The van der Waals surface area contributed by atoms with E-state index in [-0.39, 0.29) is 0 Å². The minimum atomic E-state index is 0.459. The fourth-order valence-corrected chi connectivity index (χ4v) is 1.82. The van der Waals surface area contributed by atoms with E-state index >= 15 is 0 Å². The molecule has 1 fully saturated rings. The van der Waals surface area contributed by atoms with E-state index in [4.69, 9.17) is 15.2 Å². The van der Waals surface area contributed by atoms with Crippen molar-refractivity contribution in [3.8, 4) is 5.75 Å². The molecular formula is C12H19N3O2. The van der Waals surface area contributed by atoms with Crippen LogP contribution < -0.4 is 10.5 Å². The van der Waals surface area contributed by atoms with Crippen molar-refractivity contribution >= 4 is 0 Å². The first-order chi connectivity index (χ1) is 8.40. The Hall–Kier alpha value is -1.17. The lowest BCUT2D eigenvalue weighted by Gasteiger charge is -2.26. The molecule has 5 nitrogen and oxygen atoms in total. The molecular weight excluding hydrogens is 218 g/mol. The Labute approximate surface area is 102 Å². The van der Waals surface area contributed by atoms with Crippen molar-refractivity contribution in [3.05, 3.63) is 24.0 Å². The highest BCUT2D eigenvalue weighted by Crippen LogP contribution is 2.15. The average molecular weight is 237 g/mol. The fraction of sp³-hybridized carbons (Fsp3) is 0.583. The quantitative estimate of drug-likeness (QED) is 0.795. The van der Waals surface area contributed by atoms with Gasteiger partial charge < -0.3 is 15.2 Å². The summed E-state index contributed by atoms with van der Waals surface area (Å²) in [7, 11) is 0. The van der Waals surface area contributed by atoms with Gasteiger partial charge in [-0.3, -0.25) is 9.88 Å². The number of aromatic nitrogens is 1. The van der Waals surface area contributed by atoms with Gasteiger partial charge in [0, 0.05) is 44.1 Å². The van der Waals surface area contributed by atoms with Crippen molar-refractivity contribution < 1.29 is 9.47 Å². The van der Waals surface area contributed by atoms with Crippen molar-refractivity contribution in [2.45, 2.75) is 6.54 Å². The second kappa shape index (κ2) is 6.54. The molecule has 1 saturated heterocycles. The van der Waals surface area contributed by atoms with Crippen LogP contribution in [0.25, 0.3) is 0 Å². The molecule has 2 N–H and O–H groups in total. The molecule has 0 aliphatic carbocycles. The predicted molar refractivity (Wildman–Crippen MR) is 64.9 cm³/mol. The van der Waals surface area contributed by atoms with Gasteiger partial charge >= 0.3 is 0 Å². The normalized spacial score (nSPS) is 17.0.